The minimum absolute atomic E-state index is 0.0272. The standard InChI is InChI=1S/C25H25ClN4O2/c1-15-4-5-21-19(10-15)24(18(13-27)14-28-21)30-8-6-17(7-9-30)25(31)29-22-11-16(2)20(26)12-23(22)32-3/h4-5,10-12,14,17H,6-9H2,1-3H3,(H,29,31). The number of piperidine rings is 1. The van der Waals surface area contributed by atoms with Gasteiger partial charge in [-0.15, -0.1) is 0 Å². The van der Waals surface area contributed by atoms with Crippen molar-refractivity contribution in [1.29, 1.82) is 5.26 Å². The monoisotopic (exact) mass is 448 g/mol. The molecule has 1 N–H and O–H groups in total. The van der Waals surface area contributed by atoms with Gasteiger partial charge in [0.1, 0.15) is 11.8 Å². The summed E-state index contributed by atoms with van der Waals surface area (Å²) in [5.74, 6) is 0.400. The van der Waals surface area contributed by atoms with E-state index >= 15 is 0 Å². The van der Waals surface area contributed by atoms with E-state index in [2.05, 4.69) is 27.3 Å². The lowest BCUT2D eigenvalue weighted by molar-refractivity contribution is -0.120. The smallest absolute Gasteiger partial charge is 0.227 e. The Morgan fingerprint density at radius 2 is 2.00 bits per heavy atom. The molecular weight excluding hydrogens is 424 g/mol. The van der Waals surface area contributed by atoms with Gasteiger partial charge in [-0.2, -0.15) is 5.26 Å². The number of nitrogens with zero attached hydrogens (tertiary/aromatic N) is 3. The van der Waals surface area contributed by atoms with Crippen LogP contribution in [0.2, 0.25) is 5.02 Å². The summed E-state index contributed by atoms with van der Waals surface area (Å²) in [6.07, 6.45) is 3.03. The molecule has 1 saturated heterocycles. The van der Waals surface area contributed by atoms with E-state index in [-0.39, 0.29) is 11.8 Å². The number of aryl methyl sites for hydroxylation is 2. The molecule has 0 spiro atoms. The van der Waals surface area contributed by atoms with Crippen molar-refractivity contribution in [1.82, 2.24) is 4.98 Å². The van der Waals surface area contributed by atoms with E-state index in [4.69, 9.17) is 16.3 Å². The summed E-state index contributed by atoms with van der Waals surface area (Å²) >= 11 is 6.17. The van der Waals surface area contributed by atoms with E-state index in [0.717, 1.165) is 27.7 Å². The summed E-state index contributed by atoms with van der Waals surface area (Å²) in [6.45, 7) is 5.31. The van der Waals surface area contributed by atoms with Crippen molar-refractivity contribution < 1.29 is 9.53 Å². The minimum Gasteiger partial charge on any atom is -0.495 e. The number of nitrogens with one attached hydrogen (secondary N) is 1. The van der Waals surface area contributed by atoms with Gasteiger partial charge < -0.3 is 15.0 Å². The molecule has 1 aliphatic heterocycles. The average Bonchev–Trinajstić information content (AvgIpc) is 2.80. The Morgan fingerprint density at radius 1 is 1.25 bits per heavy atom. The number of pyridine rings is 1. The van der Waals surface area contributed by atoms with Crippen LogP contribution >= 0.6 is 11.6 Å². The molecule has 1 amide bonds. The van der Waals surface area contributed by atoms with Crippen molar-refractivity contribution in [3.05, 3.63) is 58.2 Å². The first-order valence-electron chi connectivity index (χ1n) is 10.6. The molecule has 1 aliphatic rings. The normalized spacial score (nSPS) is 14.3. The molecule has 0 atom stereocenters. The Morgan fingerprint density at radius 3 is 2.69 bits per heavy atom. The first-order chi connectivity index (χ1) is 15.4. The predicted molar refractivity (Wildman–Crippen MR) is 128 cm³/mol. The summed E-state index contributed by atoms with van der Waals surface area (Å²) < 4.78 is 5.38. The quantitative estimate of drug-likeness (QED) is 0.590. The van der Waals surface area contributed by atoms with Gasteiger partial charge in [0, 0.05) is 41.7 Å². The molecule has 0 radical (unpaired) electrons. The highest BCUT2D eigenvalue weighted by molar-refractivity contribution is 6.31. The lowest BCUT2D eigenvalue weighted by atomic mass is 9.94. The third kappa shape index (κ3) is 4.21. The third-order valence-corrected chi connectivity index (χ3v) is 6.44. The van der Waals surface area contributed by atoms with Crippen LogP contribution < -0.4 is 15.0 Å². The molecule has 0 bridgehead atoms. The van der Waals surface area contributed by atoms with Crippen LogP contribution in [0.25, 0.3) is 10.9 Å². The highest BCUT2D eigenvalue weighted by Gasteiger charge is 2.28. The molecule has 32 heavy (non-hydrogen) atoms. The molecule has 0 unspecified atom stereocenters. The summed E-state index contributed by atoms with van der Waals surface area (Å²) in [4.78, 5) is 19.6. The predicted octanol–water partition coefficient (Wildman–Crippen LogP) is 5.24. The van der Waals surface area contributed by atoms with Crippen molar-refractivity contribution in [2.75, 3.05) is 30.4 Å². The fraction of sp³-hybridized carbons (Fsp3) is 0.320. The van der Waals surface area contributed by atoms with Crippen LogP contribution in [0.1, 0.15) is 29.5 Å². The van der Waals surface area contributed by atoms with Crippen LogP contribution in [0.4, 0.5) is 11.4 Å². The van der Waals surface area contributed by atoms with Crippen molar-refractivity contribution in [2.45, 2.75) is 26.7 Å². The number of rotatable bonds is 4. The van der Waals surface area contributed by atoms with Crippen LogP contribution in [-0.2, 0) is 4.79 Å². The molecule has 7 heteroatoms. The molecule has 0 aliphatic carbocycles. The molecule has 6 nitrogen and oxygen atoms in total. The number of carbonyl (C=O) groups is 1. The molecule has 2 heterocycles. The minimum atomic E-state index is -0.118. The van der Waals surface area contributed by atoms with Gasteiger partial charge in [-0.05, 0) is 50.5 Å². The zero-order valence-electron chi connectivity index (χ0n) is 18.4. The van der Waals surface area contributed by atoms with Gasteiger partial charge in [0.15, 0.2) is 0 Å². The van der Waals surface area contributed by atoms with Crippen LogP contribution in [0.3, 0.4) is 0 Å². The van der Waals surface area contributed by atoms with Crippen LogP contribution in [0.5, 0.6) is 5.75 Å². The molecule has 4 rings (SSSR count). The Bertz CT molecular complexity index is 1230. The maximum absolute atomic E-state index is 13.0. The van der Waals surface area contributed by atoms with Crippen molar-refractivity contribution in [2.24, 2.45) is 5.92 Å². The first kappa shape index (κ1) is 21.9. The third-order valence-electron chi connectivity index (χ3n) is 6.04. The van der Waals surface area contributed by atoms with Crippen LogP contribution in [0, 0.1) is 31.1 Å². The summed E-state index contributed by atoms with van der Waals surface area (Å²) in [7, 11) is 1.56. The lowest BCUT2D eigenvalue weighted by Gasteiger charge is -2.34. The number of carbonyl (C=O) groups excluding carboxylic acids is 1. The molecule has 0 saturated carbocycles. The zero-order chi connectivity index (χ0) is 22.8. The van der Waals surface area contributed by atoms with E-state index < -0.39 is 0 Å². The molecule has 1 fully saturated rings. The first-order valence-corrected chi connectivity index (χ1v) is 11.0. The number of benzene rings is 2. The van der Waals surface area contributed by atoms with E-state index in [1.165, 1.54) is 0 Å². The van der Waals surface area contributed by atoms with E-state index in [9.17, 15) is 10.1 Å². The van der Waals surface area contributed by atoms with Gasteiger partial charge in [0.25, 0.3) is 0 Å². The van der Waals surface area contributed by atoms with Gasteiger partial charge in [-0.1, -0.05) is 23.2 Å². The number of hydrogen-bond donors (Lipinski definition) is 1. The topological polar surface area (TPSA) is 78.2 Å². The van der Waals surface area contributed by atoms with Gasteiger partial charge in [0.2, 0.25) is 5.91 Å². The maximum Gasteiger partial charge on any atom is 0.227 e. The van der Waals surface area contributed by atoms with Crippen LogP contribution in [0.15, 0.2) is 36.5 Å². The fourth-order valence-electron chi connectivity index (χ4n) is 4.24. The van der Waals surface area contributed by atoms with Gasteiger partial charge in [0.05, 0.1) is 29.6 Å². The summed E-state index contributed by atoms with van der Waals surface area (Å²) in [5, 5.41) is 14.3. The fourth-order valence-corrected chi connectivity index (χ4v) is 4.40. The number of methoxy groups -OCH3 is 1. The molecular formula is C25H25ClN4O2. The SMILES string of the molecule is COc1cc(Cl)c(C)cc1NC(=O)C1CCN(c2c(C#N)cnc3ccc(C)cc23)CC1. The van der Waals surface area contributed by atoms with Gasteiger partial charge >= 0.3 is 0 Å². The van der Waals surface area contributed by atoms with Crippen molar-refractivity contribution >= 4 is 39.8 Å². The number of hydrogen-bond acceptors (Lipinski definition) is 5. The number of aromatic nitrogens is 1. The zero-order valence-corrected chi connectivity index (χ0v) is 19.2. The van der Waals surface area contributed by atoms with Crippen LogP contribution in [-0.4, -0.2) is 31.1 Å². The number of amides is 1. The van der Waals surface area contributed by atoms with E-state index in [1.807, 2.05) is 32.0 Å². The Kier molecular flexibility index (Phi) is 6.20. The number of fused-ring (bicyclic) bond motifs is 1. The number of anilines is 2. The summed E-state index contributed by atoms with van der Waals surface area (Å²) in [6, 6.07) is 11.9. The number of halogens is 1. The molecule has 3 aromatic rings. The largest absolute Gasteiger partial charge is 0.495 e. The highest BCUT2D eigenvalue weighted by Crippen LogP contribution is 2.35. The second kappa shape index (κ2) is 9.05. The number of nitriles is 1. The Hall–Kier alpha value is -3.30. The average molecular weight is 449 g/mol. The van der Waals surface area contributed by atoms with Crippen molar-refractivity contribution in [3.63, 3.8) is 0 Å². The lowest BCUT2D eigenvalue weighted by Crippen LogP contribution is -2.38. The summed E-state index contributed by atoms with van der Waals surface area (Å²) in [5.41, 5.74) is 4.97. The van der Waals surface area contributed by atoms with Gasteiger partial charge in [-0.25, -0.2) is 0 Å². The molecule has 1 aromatic heterocycles. The van der Waals surface area contributed by atoms with E-state index in [1.54, 1.807) is 19.4 Å². The second-order valence-corrected chi connectivity index (χ2v) is 8.61. The van der Waals surface area contributed by atoms with Crippen molar-refractivity contribution in [3.8, 4) is 11.8 Å². The van der Waals surface area contributed by atoms with Gasteiger partial charge in [-0.3, -0.25) is 9.78 Å². The second-order valence-electron chi connectivity index (χ2n) is 8.21. The molecule has 2 aromatic carbocycles. The highest BCUT2D eigenvalue weighted by atomic mass is 35.5. The Labute approximate surface area is 192 Å². The molecule has 164 valence electrons. The number of ether oxygens (including phenoxy) is 1. The van der Waals surface area contributed by atoms with E-state index in [0.29, 0.717) is 48.0 Å². The Balaban J connectivity index is 1.52. The maximum atomic E-state index is 13.0.